The second-order valence-corrected chi connectivity index (χ2v) is 21.1. The molecule has 0 aliphatic heterocycles. The molecule has 2 atom stereocenters. The first-order valence-electron chi connectivity index (χ1n) is 18.3. The second kappa shape index (κ2) is 22.8. The molecule has 18 heteroatoms. The van der Waals surface area contributed by atoms with Crippen molar-refractivity contribution in [2.24, 2.45) is 17.3 Å². The number of carbonyl (C=O) groups is 1. The predicted octanol–water partition coefficient (Wildman–Crippen LogP) is 16.6. The molecule has 63 heavy (non-hydrogen) atoms. The summed E-state index contributed by atoms with van der Waals surface area (Å²) in [7, 11) is 3.23. The Balaban J connectivity index is 0.000000208. The topological polar surface area (TPSA) is 44.8 Å². The molecule has 0 radical (unpaired) electrons. The van der Waals surface area contributed by atoms with Crippen LogP contribution in [0.25, 0.3) is 0 Å². The first kappa shape index (κ1) is 53.1. The van der Waals surface area contributed by atoms with Gasteiger partial charge >= 0.3 is 5.97 Å². The van der Waals surface area contributed by atoms with Crippen molar-refractivity contribution in [2.45, 2.75) is 39.9 Å². The van der Waals surface area contributed by atoms with Gasteiger partial charge in [-0.25, -0.2) is 17.6 Å². The smallest absolute Gasteiger partial charge is 0.310 e. The van der Waals surface area contributed by atoms with Crippen molar-refractivity contribution in [3.8, 4) is 11.5 Å². The average molecular weight is 1070 g/mol. The molecule has 0 spiro atoms. The van der Waals surface area contributed by atoms with Crippen LogP contribution < -0.4 is 9.47 Å². The third-order valence-electron chi connectivity index (χ3n) is 9.99. The van der Waals surface area contributed by atoms with Crippen molar-refractivity contribution in [1.82, 2.24) is 0 Å². The Morgan fingerprint density at radius 1 is 0.635 bits per heavy atom. The molecular weight excluding hydrogens is 1040 g/mol. The summed E-state index contributed by atoms with van der Waals surface area (Å²) in [6.45, 7) is 2.61. The number of allylic oxidation sites excluding steroid dienone is 1. The highest BCUT2D eigenvalue weighted by molar-refractivity contribution is 6.68. The van der Waals surface area contributed by atoms with E-state index in [1.54, 1.807) is 52.3 Å². The number of hydrogen-bond donors (Lipinski definition) is 0. The fourth-order valence-corrected chi connectivity index (χ4v) is 8.64. The van der Waals surface area contributed by atoms with E-state index in [4.69, 9.17) is 130 Å². The van der Waals surface area contributed by atoms with Gasteiger partial charge in [0.15, 0.2) is 23.3 Å². The summed E-state index contributed by atoms with van der Waals surface area (Å²) in [5, 5.41) is 1.28. The lowest BCUT2D eigenvalue weighted by Crippen LogP contribution is -2.18. The monoisotopic (exact) mass is 1070 g/mol. The Hall–Kier alpha value is -2.47. The summed E-state index contributed by atoms with van der Waals surface area (Å²) in [6, 6.07) is 29.6. The number of rotatable bonds is 10. The molecular formula is C45H36Cl10F4O4. The first-order chi connectivity index (χ1) is 29.4. The number of ether oxygens (including phenoxy) is 3. The van der Waals surface area contributed by atoms with Gasteiger partial charge < -0.3 is 14.2 Å². The van der Waals surface area contributed by atoms with E-state index in [1.165, 1.54) is 6.08 Å². The van der Waals surface area contributed by atoms with Crippen molar-refractivity contribution in [1.29, 1.82) is 0 Å². The van der Waals surface area contributed by atoms with Crippen LogP contribution in [-0.4, -0.2) is 27.8 Å². The van der Waals surface area contributed by atoms with E-state index in [2.05, 4.69) is 0 Å². The number of carbonyl (C=O) groups excluding carboxylic acids is 1. The minimum atomic E-state index is -1.59. The zero-order chi connectivity index (χ0) is 47.0. The van der Waals surface area contributed by atoms with E-state index >= 15 is 0 Å². The standard InChI is InChI=1S/C16H15Cl3O2.C15H12Cl2F4O2.C14H9Cl5/c1-20-13-7-3-11(4-8-13)15(16(17,18)19)12-5-9-14(21-2)10-6-12;1-15(2)7(3-10(16)17)11(15)14(22)23-5-6-12(20)8(18)4-9(19)13(6)21;15-11-5-1-9(2-6-11)13(14(17,18)19)10-3-7-12(16)8-4-10/h3-10,15H,1-2H3;3-4,7,11H,5H2,1-2H3;1-8,13H/t;7-,11+;/m.1./s1. The van der Waals surface area contributed by atoms with Gasteiger partial charge in [0.05, 0.1) is 37.5 Å². The number of hydrogen-bond acceptors (Lipinski definition) is 4. The van der Waals surface area contributed by atoms with Crippen molar-refractivity contribution in [3.05, 3.63) is 175 Å². The van der Waals surface area contributed by atoms with Crippen molar-refractivity contribution >= 4 is 122 Å². The van der Waals surface area contributed by atoms with Crippen LogP contribution in [0.5, 0.6) is 11.5 Å². The van der Waals surface area contributed by atoms with E-state index in [1.807, 2.05) is 72.8 Å². The maximum atomic E-state index is 13.5. The lowest BCUT2D eigenvalue weighted by Gasteiger charge is -2.25. The van der Waals surface area contributed by atoms with Crippen molar-refractivity contribution < 1.29 is 36.6 Å². The van der Waals surface area contributed by atoms with Gasteiger partial charge in [-0.1, -0.05) is 178 Å². The SMILES string of the molecule is CC1(C)[C@H](C=C(Cl)Cl)[C@H]1C(=O)OCc1c(F)c(F)cc(F)c1F.COc1ccc(C(c2ccc(OC)cc2)C(Cl)(Cl)Cl)cc1.Clc1ccc(C(c2ccc(Cl)cc2)C(Cl)(Cl)Cl)cc1. The van der Waals surface area contributed by atoms with Gasteiger partial charge in [0.25, 0.3) is 0 Å². The zero-order valence-electron chi connectivity index (χ0n) is 33.3. The number of esters is 1. The molecule has 5 aromatic carbocycles. The van der Waals surface area contributed by atoms with Gasteiger partial charge in [-0.3, -0.25) is 4.79 Å². The van der Waals surface area contributed by atoms with Gasteiger partial charge in [-0.15, -0.1) is 0 Å². The molecule has 0 bridgehead atoms. The van der Waals surface area contributed by atoms with Crippen LogP contribution in [-0.2, 0) is 16.1 Å². The Morgan fingerprint density at radius 3 is 1.27 bits per heavy atom. The van der Waals surface area contributed by atoms with Crippen LogP contribution >= 0.6 is 116 Å². The zero-order valence-corrected chi connectivity index (χ0v) is 40.9. The summed E-state index contributed by atoms with van der Waals surface area (Å²) in [5.41, 5.74) is 2.10. The molecule has 338 valence electrons. The predicted molar refractivity (Wildman–Crippen MR) is 250 cm³/mol. The molecule has 1 saturated carbocycles. The van der Waals surface area contributed by atoms with Crippen LogP contribution in [0, 0.1) is 40.5 Å². The molecule has 0 unspecified atom stereocenters. The molecule has 0 saturated heterocycles. The summed E-state index contributed by atoms with van der Waals surface area (Å²) < 4.78 is 65.3. The lowest BCUT2D eigenvalue weighted by atomic mass is 9.92. The largest absolute Gasteiger partial charge is 0.497 e. The van der Waals surface area contributed by atoms with Gasteiger partial charge in [0, 0.05) is 16.1 Å². The summed E-state index contributed by atoms with van der Waals surface area (Å²) in [5.74, 6) is -7.20. The minimum Gasteiger partial charge on any atom is -0.497 e. The molecule has 1 aliphatic rings. The molecule has 1 fully saturated rings. The summed E-state index contributed by atoms with van der Waals surface area (Å²) in [4.78, 5) is 12.0. The molecule has 0 aromatic heterocycles. The van der Waals surface area contributed by atoms with Gasteiger partial charge in [-0.2, -0.15) is 0 Å². The Kier molecular flexibility index (Phi) is 19.3. The van der Waals surface area contributed by atoms with Crippen molar-refractivity contribution in [2.75, 3.05) is 14.2 Å². The fraction of sp³-hybridized carbons (Fsp3) is 0.267. The highest BCUT2D eigenvalue weighted by Gasteiger charge is 2.61. The Labute approximate surface area is 413 Å². The second-order valence-electron chi connectivity index (χ2n) is 14.4. The molecule has 4 nitrogen and oxygen atoms in total. The normalized spacial score (nSPS) is 15.4. The molecule has 0 N–H and O–H groups in total. The van der Waals surface area contributed by atoms with E-state index in [0.717, 1.165) is 33.8 Å². The molecule has 5 aromatic rings. The van der Waals surface area contributed by atoms with E-state index in [-0.39, 0.29) is 28.3 Å². The summed E-state index contributed by atoms with van der Waals surface area (Å²) in [6.07, 6.45) is 1.47. The quantitative estimate of drug-likeness (QED) is 0.0605. The number of halogens is 14. The van der Waals surface area contributed by atoms with Crippen LogP contribution in [0.1, 0.15) is 53.5 Å². The van der Waals surface area contributed by atoms with Gasteiger partial charge in [0.1, 0.15) is 22.6 Å². The van der Waals surface area contributed by atoms with Crippen LogP contribution in [0.4, 0.5) is 17.6 Å². The summed E-state index contributed by atoms with van der Waals surface area (Å²) >= 11 is 59.8. The number of methoxy groups -OCH3 is 2. The Bertz CT molecular complexity index is 2210. The van der Waals surface area contributed by atoms with Crippen molar-refractivity contribution in [3.63, 3.8) is 0 Å². The van der Waals surface area contributed by atoms with Crippen LogP contribution in [0.3, 0.4) is 0 Å². The third kappa shape index (κ3) is 14.5. The van der Waals surface area contributed by atoms with Crippen LogP contribution in [0.2, 0.25) is 10.0 Å². The molecule has 0 amide bonds. The lowest BCUT2D eigenvalue weighted by molar-refractivity contribution is -0.147. The molecule has 1 aliphatic carbocycles. The van der Waals surface area contributed by atoms with Gasteiger partial charge in [-0.05, 0) is 88.2 Å². The Morgan fingerprint density at radius 2 is 0.968 bits per heavy atom. The highest BCUT2D eigenvalue weighted by atomic mass is 35.6. The maximum Gasteiger partial charge on any atom is 0.310 e. The number of benzene rings is 5. The van der Waals surface area contributed by atoms with Gasteiger partial charge in [0.2, 0.25) is 7.59 Å². The highest BCUT2D eigenvalue weighted by Crippen LogP contribution is 2.60. The third-order valence-corrected chi connectivity index (χ3v) is 12.1. The van der Waals surface area contributed by atoms with Crippen LogP contribution in [0.15, 0.2) is 114 Å². The fourth-order valence-electron chi connectivity index (χ4n) is 6.60. The van der Waals surface area contributed by atoms with E-state index in [9.17, 15) is 22.4 Å². The van der Waals surface area contributed by atoms with E-state index in [0.29, 0.717) is 10.0 Å². The maximum absolute atomic E-state index is 13.5. The molecule has 0 heterocycles. The average Bonchev–Trinajstić information content (AvgIpc) is 3.76. The minimum absolute atomic E-state index is 0.0114. The first-order valence-corrected chi connectivity index (χ1v) is 22.1. The van der Waals surface area contributed by atoms with E-state index < -0.39 is 60.3 Å². The number of alkyl halides is 6. The molecule has 6 rings (SSSR count).